The van der Waals surface area contributed by atoms with Crippen LogP contribution in [0.5, 0.6) is 0 Å². The maximum Gasteiger partial charge on any atom is 0.247 e. The van der Waals surface area contributed by atoms with Crippen molar-refractivity contribution in [1.29, 1.82) is 0 Å². The number of piperidine rings is 1. The molecule has 5 nitrogen and oxygen atoms in total. The number of nitrogens with one attached hydrogen (secondary N) is 1. The Balaban J connectivity index is 2.19. The van der Waals surface area contributed by atoms with Gasteiger partial charge in [-0.05, 0) is 48.7 Å². The van der Waals surface area contributed by atoms with Crippen LogP contribution in [0.3, 0.4) is 0 Å². The number of furan rings is 1. The normalized spacial score (nSPS) is 20.8. The summed E-state index contributed by atoms with van der Waals surface area (Å²) in [6, 6.07) is 1.68. The number of nitrogens with zero attached hydrogens (tertiary/aromatic N) is 1. The minimum absolute atomic E-state index is 0.0483. The van der Waals surface area contributed by atoms with Gasteiger partial charge in [-0.1, -0.05) is 13.3 Å². The van der Waals surface area contributed by atoms with Crippen LogP contribution < -0.4 is 5.32 Å². The lowest BCUT2D eigenvalue weighted by molar-refractivity contribution is 0.268. The summed E-state index contributed by atoms with van der Waals surface area (Å²) in [5, 5.41) is 3.21. The van der Waals surface area contributed by atoms with Gasteiger partial charge in [0.15, 0.2) is 4.67 Å². The van der Waals surface area contributed by atoms with E-state index in [0.717, 1.165) is 32.2 Å². The Bertz CT molecular complexity index is 571. The average Bonchev–Trinajstić information content (AvgIpc) is 2.81. The summed E-state index contributed by atoms with van der Waals surface area (Å²) in [6.45, 7) is 6.05. The fraction of sp³-hybridized carbons (Fsp3) is 0.714. The van der Waals surface area contributed by atoms with E-state index in [4.69, 9.17) is 4.42 Å². The SMILES string of the molecule is CCCNCc1cc(S(=O)(=O)N2CCCCC2C)c(Br)o1. The van der Waals surface area contributed by atoms with Crippen molar-refractivity contribution in [3.63, 3.8) is 0 Å². The number of rotatable bonds is 6. The molecule has 0 spiro atoms. The van der Waals surface area contributed by atoms with Crippen LogP contribution in [0.15, 0.2) is 20.0 Å². The highest BCUT2D eigenvalue weighted by Gasteiger charge is 2.34. The number of sulfonamides is 1. The molecular weight excluding hydrogens is 356 g/mol. The summed E-state index contributed by atoms with van der Waals surface area (Å²) in [4.78, 5) is 0.240. The molecule has 1 N–H and O–H groups in total. The molecule has 0 aliphatic carbocycles. The minimum Gasteiger partial charge on any atom is -0.452 e. The third kappa shape index (κ3) is 3.88. The van der Waals surface area contributed by atoms with E-state index in [-0.39, 0.29) is 10.9 Å². The van der Waals surface area contributed by atoms with Gasteiger partial charge in [-0.2, -0.15) is 4.31 Å². The topological polar surface area (TPSA) is 62.6 Å². The maximum atomic E-state index is 12.8. The first-order valence-corrected chi connectivity index (χ1v) is 9.71. The summed E-state index contributed by atoms with van der Waals surface area (Å²) in [6.07, 6.45) is 3.95. The number of halogens is 1. The number of hydrogen-bond donors (Lipinski definition) is 1. The van der Waals surface area contributed by atoms with E-state index >= 15 is 0 Å². The molecule has 1 aromatic rings. The first-order valence-electron chi connectivity index (χ1n) is 7.47. The Morgan fingerprint density at radius 1 is 1.48 bits per heavy atom. The van der Waals surface area contributed by atoms with Crippen molar-refractivity contribution in [3.8, 4) is 0 Å². The van der Waals surface area contributed by atoms with Crippen LogP contribution in [0, 0.1) is 0 Å². The van der Waals surface area contributed by atoms with E-state index in [2.05, 4.69) is 28.2 Å². The lowest BCUT2D eigenvalue weighted by Gasteiger charge is -2.31. The molecule has 7 heteroatoms. The van der Waals surface area contributed by atoms with E-state index < -0.39 is 10.0 Å². The maximum absolute atomic E-state index is 12.8. The van der Waals surface area contributed by atoms with Gasteiger partial charge in [-0.15, -0.1) is 0 Å². The second-order valence-corrected chi connectivity index (χ2v) is 8.07. The lowest BCUT2D eigenvalue weighted by Crippen LogP contribution is -2.41. The van der Waals surface area contributed by atoms with Gasteiger partial charge in [0.1, 0.15) is 10.7 Å². The Kier molecular flexibility index (Phi) is 5.88. The third-order valence-corrected chi connectivity index (χ3v) is 6.63. The van der Waals surface area contributed by atoms with E-state index in [1.807, 2.05) is 6.92 Å². The largest absolute Gasteiger partial charge is 0.452 e. The van der Waals surface area contributed by atoms with Crippen molar-refractivity contribution < 1.29 is 12.8 Å². The van der Waals surface area contributed by atoms with Crippen molar-refractivity contribution in [1.82, 2.24) is 9.62 Å². The fourth-order valence-electron chi connectivity index (χ4n) is 2.60. The Hall–Kier alpha value is -0.370. The molecule has 1 aliphatic heterocycles. The summed E-state index contributed by atoms with van der Waals surface area (Å²) in [7, 11) is -3.49. The summed E-state index contributed by atoms with van der Waals surface area (Å²) < 4.78 is 33.0. The lowest BCUT2D eigenvalue weighted by atomic mass is 10.1. The van der Waals surface area contributed by atoms with Gasteiger partial charge < -0.3 is 9.73 Å². The van der Waals surface area contributed by atoms with E-state index in [1.165, 1.54) is 0 Å². The molecule has 1 fully saturated rings. The van der Waals surface area contributed by atoms with E-state index in [1.54, 1.807) is 10.4 Å². The molecule has 120 valence electrons. The zero-order chi connectivity index (χ0) is 15.5. The third-order valence-electron chi connectivity index (χ3n) is 3.76. The van der Waals surface area contributed by atoms with E-state index in [9.17, 15) is 8.42 Å². The van der Waals surface area contributed by atoms with Gasteiger partial charge in [-0.3, -0.25) is 0 Å². The highest BCUT2D eigenvalue weighted by molar-refractivity contribution is 9.10. The first-order chi connectivity index (χ1) is 9.96. The van der Waals surface area contributed by atoms with Crippen molar-refractivity contribution in [2.75, 3.05) is 13.1 Å². The van der Waals surface area contributed by atoms with E-state index in [0.29, 0.717) is 23.5 Å². The smallest absolute Gasteiger partial charge is 0.247 e. The van der Waals surface area contributed by atoms with Gasteiger partial charge in [0.05, 0.1) is 6.54 Å². The molecule has 0 amide bonds. The van der Waals surface area contributed by atoms with Crippen molar-refractivity contribution >= 4 is 26.0 Å². The monoisotopic (exact) mass is 378 g/mol. The van der Waals surface area contributed by atoms with Crippen LogP contribution in [-0.2, 0) is 16.6 Å². The summed E-state index contributed by atoms with van der Waals surface area (Å²) >= 11 is 3.25. The van der Waals surface area contributed by atoms with Crippen LogP contribution in [0.4, 0.5) is 0 Å². The van der Waals surface area contributed by atoms with Crippen molar-refractivity contribution in [2.45, 2.75) is 57.0 Å². The standard InChI is InChI=1S/C14H23BrN2O3S/c1-3-7-16-10-12-9-13(14(15)20-12)21(18,19)17-8-5-4-6-11(17)2/h9,11,16H,3-8,10H2,1-2H3. The number of hydrogen-bond acceptors (Lipinski definition) is 4. The van der Waals surface area contributed by atoms with Gasteiger partial charge in [0.25, 0.3) is 0 Å². The Labute approximate surface area is 135 Å². The molecule has 1 unspecified atom stereocenters. The molecule has 1 aliphatic rings. The zero-order valence-corrected chi connectivity index (χ0v) is 15.0. The minimum atomic E-state index is -3.49. The van der Waals surface area contributed by atoms with Crippen LogP contribution >= 0.6 is 15.9 Å². The predicted octanol–water partition coefficient (Wildman–Crippen LogP) is 3.10. The predicted molar refractivity (Wildman–Crippen MR) is 85.6 cm³/mol. The fourth-order valence-corrected chi connectivity index (χ4v) is 5.27. The Morgan fingerprint density at radius 3 is 2.90 bits per heavy atom. The molecule has 0 radical (unpaired) electrons. The quantitative estimate of drug-likeness (QED) is 0.772. The van der Waals surface area contributed by atoms with Gasteiger partial charge in [-0.25, -0.2) is 8.42 Å². The zero-order valence-electron chi connectivity index (χ0n) is 12.6. The molecule has 1 aromatic heterocycles. The summed E-state index contributed by atoms with van der Waals surface area (Å²) in [5.74, 6) is 0.638. The summed E-state index contributed by atoms with van der Waals surface area (Å²) in [5.41, 5.74) is 0. The molecule has 0 bridgehead atoms. The molecule has 21 heavy (non-hydrogen) atoms. The highest BCUT2D eigenvalue weighted by atomic mass is 79.9. The van der Waals surface area contributed by atoms with Gasteiger partial charge >= 0.3 is 0 Å². The van der Waals surface area contributed by atoms with Gasteiger partial charge in [0.2, 0.25) is 10.0 Å². The molecule has 1 saturated heterocycles. The molecule has 2 rings (SSSR count). The second kappa shape index (κ2) is 7.26. The molecule has 2 heterocycles. The van der Waals surface area contributed by atoms with Gasteiger partial charge in [0, 0.05) is 18.7 Å². The van der Waals surface area contributed by atoms with Crippen LogP contribution in [0.25, 0.3) is 0 Å². The highest BCUT2D eigenvalue weighted by Crippen LogP contribution is 2.32. The molecule has 1 atom stereocenters. The van der Waals surface area contributed by atoms with Crippen LogP contribution in [-0.4, -0.2) is 31.9 Å². The average molecular weight is 379 g/mol. The van der Waals surface area contributed by atoms with Crippen LogP contribution in [0.2, 0.25) is 0 Å². The van der Waals surface area contributed by atoms with Crippen molar-refractivity contribution in [2.24, 2.45) is 0 Å². The molecule has 0 aromatic carbocycles. The first kappa shape index (κ1) is 17.0. The molecule has 0 saturated carbocycles. The van der Waals surface area contributed by atoms with Crippen molar-refractivity contribution in [3.05, 3.63) is 16.5 Å². The second-order valence-electron chi connectivity index (χ2n) is 5.49. The Morgan fingerprint density at radius 2 is 2.24 bits per heavy atom. The van der Waals surface area contributed by atoms with Crippen LogP contribution in [0.1, 0.15) is 45.3 Å². The molecular formula is C14H23BrN2O3S.